The number of hydrogen-bond acceptors (Lipinski definition) is 4. The summed E-state index contributed by atoms with van der Waals surface area (Å²) in [6.45, 7) is 3.13. The second-order valence-corrected chi connectivity index (χ2v) is 5.93. The van der Waals surface area contributed by atoms with Crippen molar-refractivity contribution >= 4 is 27.3 Å². The van der Waals surface area contributed by atoms with Gasteiger partial charge in [-0.1, -0.05) is 13.0 Å². The SMILES string of the molecule is CCCNC(c1ccc(OC)c(Br)c1)c1nccs1. The van der Waals surface area contributed by atoms with Gasteiger partial charge in [-0.3, -0.25) is 0 Å². The number of thiazole rings is 1. The van der Waals surface area contributed by atoms with Crippen molar-refractivity contribution in [2.24, 2.45) is 0 Å². The Morgan fingerprint density at radius 1 is 1.47 bits per heavy atom. The third-order valence-corrected chi connectivity index (χ3v) is 4.27. The fraction of sp³-hybridized carbons (Fsp3) is 0.357. The van der Waals surface area contributed by atoms with Crippen molar-refractivity contribution < 1.29 is 4.74 Å². The summed E-state index contributed by atoms with van der Waals surface area (Å²) in [5.41, 5.74) is 1.19. The van der Waals surface area contributed by atoms with Crippen molar-refractivity contribution in [3.8, 4) is 5.75 Å². The zero-order chi connectivity index (χ0) is 13.7. The van der Waals surface area contributed by atoms with Crippen molar-refractivity contribution in [3.05, 3.63) is 44.8 Å². The lowest BCUT2D eigenvalue weighted by molar-refractivity contribution is 0.411. The van der Waals surface area contributed by atoms with E-state index in [1.165, 1.54) is 5.56 Å². The number of aromatic nitrogens is 1. The van der Waals surface area contributed by atoms with Crippen LogP contribution in [0.4, 0.5) is 0 Å². The van der Waals surface area contributed by atoms with Crippen LogP contribution >= 0.6 is 27.3 Å². The van der Waals surface area contributed by atoms with Crippen LogP contribution in [0.5, 0.6) is 5.75 Å². The number of ether oxygens (including phenoxy) is 1. The first-order valence-corrected chi connectivity index (χ1v) is 7.89. The highest BCUT2D eigenvalue weighted by Gasteiger charge is 2.17. The zero-order valence-electron chi connectivity index (χ0n) is 11.0. The molecule has 1 N–H and O–H groups in total. The highest BCUT2D eigenvalue weighted by Crippen LogP contribution is 2.31. The van der Waals surface area contributed by atoms with Crippen LogP contribution in [0.1, 0.15) is 30.0 Å². The fourth-order valence-electron chi connectivity index (χ4n) is 1.88. The average Bonchev–Trinajstić information content (AvgIpc) is 2.93. The summed E-state index contributed by atoms with van der Waals surface area (Å²) in [6.07, 6.45) is 2.94. The summed E-state index contributed by atoms with van der Waals surface area (Å²) >= 11 is 5.21. The lowest BCUT2D eigenvalue weighted by Crippen LogP contribution is -2.23. The molecule has 0 aliphatic heterocycles. The van der Waals surface area contributed by atoms with Gasteiger partial charge in [-0.05, 0) is 46.6 Å². The Kier molecular flexibility index (Phi) is 5.36. The molecule has 1 atom stereocenters. The third-order valence-electron chi connectivity index (χ3n) is 2.81. The Morgan fingerprint density at radius 3 is 2.89 bits per heavy atom. The van der Waals surface area contributed by atoms with Crippen molar-refractivity contribution in [1.29, 1.82) is 0 Å². The van der Waals surface area contributed by atoms with E-state index in [-0.39, 0.29) is 6.04 Å². The van der Waals surface area contributed by atoms with Crippen LogP contribution in [-0.2, 0) is 0 Å². The van der Waals surface area contributed by atoms with Crippen LogP contribution < -0.4 is 10.1 Å². The molecule has 1 heterocycles. The van der Waals surface area contributed by atoms with Crippen LogP contribution in [0, 0.1) is 0 Å². The molecule has 3 nitrogen and oxygen atoms in total. The molecule has 2 aromatic rings. The van der Waals surface area contributed by atoms with Gasteiger partial charge in [0.1, 0.15) is 10.8 Å². The summed E-state index contributed by atoms with van der Waals surface area (Å²) in [5.74, 6) is 0.845. The number of methoxy groups -OCH3 is 1. The fourth-order valence-corrected chi connectivity index (χ4v) is 3.17. The molecule has 0 bridgehead atoms. The molecule has 0 saturated heterocycles. The maximum absolute atomic E-state index is 5.27. The van der Waals surface area contributed by atoms with Gasteiger partial charge in [0.25, 0.3) is 0 Å². The van der Waals surface area contributed by atoms with E-state index in [4.69, 9.17) is 4.74 Å². The smallest absolute Gasteiger partial charge is 0.133 e. The number of rotatable bonds is 6. The van der Waals surface area contributed by atoms with Gasteiger partial charge in [0.15, 0.2) is 0 Å². The topological polar surface area (TPSA) is 34.1 Å². The first-order chi connectivity index (χ1) is 9.26. The van der Waals surface area contributed by atoms with E-state index in [1.807, 2.05) is 17.6 Å². The summed E-state index contributed by atoms with van der Waals surface area (Å²) in [6, 6.07) is 6.29. The molecular weight excluding hydrogens is 324 g/mol. The van der Waals surface area contributed by atoms with Crippen LogP contribution in [0.2, 0.25) is 0 Å². The van der Waals surface area contributed by atoms with Gasteiger partial charge in [-0.25, -0.2) is 4.98 Å². The van der Waals surface area contributed by atoms with Gasteiger partial charge in [-0.15, -0.1) is 11.3 Å². The van der Waals surface area contributed by atoms with E-state index in [9.17, 15) is 0 Å². The molecular formula is C14H17BrN2OS. The van der Waals surface area contributed by atoms with Crippen LogP contribution in [0.3, 0.4) is 0 Å². The largest absolute Gasteiger partial charge is 0.496 e. The summed E-state index contributed by atoms with van der Waals surface area (Å²) in [4.78, 5) is 4.43. The van der Waals surface area contributed by atoms with E-state index in [0.29, 0.717) is 0 Å². The van der Waals surface area contributed by atoms with Gasteiger partial charge in [0.05, 0.1) is 17.6 Å². The van der Waals surface area contributed by atoms with Crippen molar-refractivity contribution in [2.45, 2.75) is 19.4 Å². The van der Waals surface area contributed by atoms with Crippen molar-refractivity contribution in [2.75, 3.05) is 13.7 Å². The lowest BCUT2D eigenvalue weighted by atomic mass is 10.1. The molecule has 102 valence electrons. The van der Waals surface area contributed by atoms with Crippen LogP contribution in [0.15, 0.2) is 34.2 Å². The molecule has 0 amide bonds. The van der Waals surface area contributed by atoms with Gasteiger partial charge in [0, 0.05) is 11.6 Å². The van der Waals surface area contributed by atoms with Gasteiger partial charge in [0.2, 0.25) is 0 Å². The molecule has 0 saturated carbocycles. The first kappa shape index (κ1) is 14.5. The Bertz CT molecular complexity index is 516. The highest BCUT2D eigenvalue weighted by molar-refractivity contribution is 9.10. The molecule has 1 aromatic carbocycles. The second kappa shape index (κ2) is 7.03. The number of nitrogens with zero attached hydrogens (tertiary/aromatic N) is 1. The van der Waals surface area contributed by atoms with E-state index >= 15 is 0 Å². The molecule has 0 radical (unpaired) electrons. The molecule has 5 heteroatoms. The number of benzene rings is 1. The molecule has 1 aromatic heterocycles. The highest BCUT2D eigenvalue weighted by atomic mass is 79.9. The molecule has 0 fully saturated rings. The van der Waals surface area contributed by atoms with E-state index < -0.39 is 0 Å². The normalized spacial score (nSPS) is 12.4. The quantitative estimate of drug-likeness (QED) is 0.862. The number of nitrogens with one attached hydrogen (secondary N) is 1. The van der Waals surface area contributed by atoms with E-state index in [0.717, 1.165) is 28.2 Å². The summed E-state index contributed by atoms with van der Waals surface area (Å²) in [5, 5.41) is 6.64. The minimum atomic E-state index is 0.141. The van der Waals surface area contributed by atoms with Gasteiger partial charge >= 0.3 is 0 Å². The number of halogens is 1. The third kappa shape index (κ3) is 3.55. The predicted molar refractivity (Wildman–Crippen MR) is 82.9 cm³/mol. The zero-order valence-corrected chi connectivity index (χ0v) is 13.4. The van der Waals surface area contributed by atoms with E-state index in [1.54, 1.807) is 18.4 Å². The number of hydrogen-bond donors (Lipinski definition) is 1. The van der Waals surface area contributed by atoms with Crippen molar-refractivity contribution in [3.63, 3.8) is 0 Å². The molecule has 2 rings (SSSR count). The van der Waals surface area contributed by atoms with E-state index in [2.05, 4.69) is 45.3 Å². The molecule has 1 unspecified atom stereocenters. The Morgan fingerprint density at radius 2 is 2.32 bits per heavy atom. The molecule has 0 spiro atoms. The Balaban J connectivity index is 2.30. The molecule has 19 heavy (non-hydrogen) atoms. The van der Waals surface area contributed by atoms with Crippen LogP contribution in [0.25, 0.3) is 0 Å². The van der Waals surface area contributed by atoms with Gasteiger partial charge < -0.3 is 10.1 Å². The second-order valence-electron chi connectivity index (χ2n) is 4.15. The standard InChI is InChI=1S/C14H17BrN2OS/c1-3-6-16-13(14-17-7-8-19-14)10-4-5-12(18-2)11(15)9-10/h4-5,7-9,13,16H,3,6H2,1-2H3. The Hall–Kier alpha value is -0.910. The monoisotopic (exact) mass is 340 g/mol. The lowest BCUT2D eigenvalue weighted by Gasteiger charge is -2.17. The van der Waals surface area contributed by atoms with Crippen molar-refractivity contribution in [1.82, 2.24) is 10.3 Å². The van der Waals surface area contributed by atoms with Crippen LogP contribution in [-0.4, -0.2) is 18.6 Å². The average molecular weight is 341 g/mol. The minimum Gasteiger partial charge on any atom is -0.496 e. The first-order valence-electron chi connectivity index (χ1n) is 6.22. The molecule has 0 aliphatic rings. The minimum absolute atomic E-state index is 0.141. The summed E-state index contributed by atoms with van der Waals surface area (Å²) < 4.78 is 6.24. The Labute approximate surface area is 126 Å². The maximum atomic E-state index is 5.27. The summed E-state index contributed by atoms with van der Waals surface area (Å²) in [7, 11) is 1.67. The maximum Gasteiger partial charge on any atom is 0.133 e. The molecule has 0 aliphatic carbocycles. The predicted octanol–water partition coefficient (Wildman–Crippen LogP) is 4.00. The van der Waals surface area contributed by atoms with Gasteiger partial charge in [-0.2, -0.15) is 0 Å².